The average Bonchev–Trinajstić information content (AvgIpc) is 2.82. The van der Waals surface area contributed by atoms with E-state index in [1.165, 1.54) is 0 Å². The highest BCUT2D eigenvalue weighted by Crippen LogP contribution is 2.25. The maximum Gasteiger partial charge on any atom is 0.389 e. The number of aromatic nitrogens is 3. The first-order chi connectivity index (χ1) is 9.47. The number of aryl methyl sites for hydroxylation is 1. The molecule has 2 rings (SSSR count). The minimum Gasteiger partial charge on any atom is -0.383 e. The van der Waals surface area contributed by atoms with Gasteiger partial charge in [-0.1, -0.05) is 0 Å². The molecule has 0 spiro atoms. The van der Waals surface area contributed by atoms with Crippen molar-refractivity contribution in [2.45, 2.75) is 32.0 Å². The topological polar surface area (TPSA) is 56.7 Å². The zero-order chi connectivity index (χ0) is 14.6. The van der Waals surface area contributed by atoms with Gasteiger partial charge in [0.1, 0.15) is 5.82 Å². The van der Waals surface area contributed by atoms with Crippen molar-refractivity contribution in [3.05, 3.63) is 30.9 Å². The Morgan fingerprint density at radius 2 is 2.05 bits per heavy atom. The molecule has 2 N–H and O–H groups in total. The first-order valence-corrected chi connectivity index (χ1v) is 6.25. The number of hydrogen-bond acceptors (Lipinski definition) is 3. The maximum absolute atomic E-state index is 12.1. The Morgan fingerprint density at radius 1 is 1.25 bits per heavy atom. The summed E-state index contributed by atoms with van der Waals surface area (Å²) in [6, 6.07) is 3.57. The average molecular weight is 284 g/mol. The molecule has 0 aliphatic heterocycles. The highest BCUT2D eigenvalue weighted by Gasteiger charge is 2.25. The van der Waals surface area contributed by atoms with Gasteiger partial charge in [0, 0.05) is 24.7 Å². The van der Waals surface area contributed by atoms with Gasteiger partial charge in [-0.25, -0.2) is 9.97 Å². The van der Waals surface area contributed by atoms with Crippen LogP contribution in [-0.2, 0) is 6.54 Å². The molecule has 108 valence electrons. The van der Waals surface area contributed by atoms with Crippen molar-refractivity contribution >= 4 is 5.82 Å². The molecule has 0 aliphatic rings. The quantitative estimate of drug-likeness (QED) is 0.857. The zero-order valence-corrected chi connectivity index (χ0v) is 10.8. The molecule has 0 atom stereocenters. The highest BCUT2D eigenvalue weighted by atomic mass is 19.4. The maximum atomic E-state index is 12.1. The molecule has 4 nitrogen and oxygen atoms in total. The van der Waals surface area contributed by atoms with Crippen LogP contribution in [0.5, 0.6) is 0 Å². The van der Waals surface area contributed by atoms with E-state index in [-0.39, 0.29) is 6.42 Å². The van der Waals surface area contributed by atoms with Crippen LogP contribution in [0.2, 0.25) is 0 Å². The molecule has 0 radical (unpaired) electrons. The molecule has 0 fully saturated rings. The number of alkyl halides is 3. The predicted octanol–water partition coefficient (Wildman–Crippen LogP) is 3.26. The fourth-order valence-electron chi connectivity index (χ4n) is 1.96. The largest absolute Gasteiger partial charge is 0.389 e. The van der Waals surface area contributed by atoms with Crippen molar-refractivity contribution in [3.8, 4) is 11.3 Å². The summed E-state index contributed by atoms with van der Waals surface area (Å²) in [6.45, 7) is 0.472. The van der Waals surface area contributed by atoms with Gasteiger partial charge in [-0.2, -0.15) is 13.2 Å². The molecule has 0 aliphatic carbocycles. The minimum atomic E-state index is -4.09. The van der Waals surface area contributed by atoms with Crippen molar-refractivity contribution in [2.24, 2.45) is 0 Å². The number of nitrogen functional groups attached to an aromatic ring is 1. The van der Waals surface area contributed by atoms with Gasteiger partial charge in [-0.05, 0) is 25.0 Å². The SMILES string of the molecule is Nc1ncccc1-c1cncn1CCCCC(F)(F)F. The van der Waals surface area contributed by atoms with Crippen LogP contribution in [-0.4, -0.2) is 20.7 Å². The molecule has 7 heteroatoms. The third-order valence-electron chi connectivity index (χ3n) is 2.94. The van der Waals surface area contributed by atoms with E-state index in [9.17, 15) is 13.2 Å². The van der Waals surface area contributed by atoms with E-state index in [1.54, 1.807) is 29.4 Å². The lowest BCUT2D eigenvalue weighted by Gasteiger charge is -2.10. The normalized spacial score (nSPS) is 11.8. The van der Waals surface area contributed by atoms with Gasteiger partial charge in [0.15, 0.2) is 0 Å². The lowest BCUT2D eigenvalue weighted by Crippen LogP contribution is -2.08. The Labute approximate surface area is 114 Å². The number of hydrogen-bond donors (Lipinski definition) is 1. The van der Waals surface area contributed by atoms with Crippen LogP contribution in [0.3, 0.4) is 0 Å². The fraction of sp³-hybridized carbons (Fsp3) is 0.385. The summed E-state index contributed by atoms with van der Waals surface area (Å²) in [5, 5.41) is 0. The number of unbranched alkanes of at least 4 members (excludes halogenated alkanes) is 1. The van der Waals surface area contributed by atoms with Crippen molar-refractivity contribution < 1.29 is 13.2 Å². The van der Waals surface area contributed by atoms with Gasteiger partial charge < -0.3 is 10.3 Å². The van der Waals surface area contributed by atoms with E-state index in [0.29, 0.717) is 18.8 Å². The van der Waals surface area contributed by atoms with Crippen molar-refractivity contribution in [2.75, 3.05) is 5.73 Å². The monoisotopic (exact) mass is 284 g/mol. The summed E-state index contributed by atoms with van der Waals surface area (Å²) in [5.74, 6) is 0.379. The number of halogens is 3. The van der Waals surface area contributed by atoms with E-state index in [4.69, 9.17) is 5.73 Å². The van der Waals surface area contributed by atoms with E-state index in [1.807, 2.05) is 6.07 Å². The molecular formula is C13H15F3N4. The number of nitrogens with zero attached hydrogens (tertiary/aromatic N) is 3. The predicted molar refractivity (Wildman–Crippen MR) is 69.8 cm³/mol. The second-order valence-corrected chi connectivity index (χ2v) is 4.48. The van der Waals surface area contributed by atoms with Crippen molar-refractivity contribution in [1.82, 2.24) is 14.5 Å². The summed E-state index contributed by atoms with van der Waals surface area (Å²) in [4.78, 5) is 8.02. The molecule has 0 aromatic carbocycles. The van der Waals surface area contributed by atoms with Crippen LogP contribution in [0, 0.1) is 0 Å². The number of nitrogens with two attached hydrogens (primary N) is 1. The van der Waals surface area contributed by atoms with Crippen LogP contribution >= 0.6 is 0 Å². The summed E-state index contributed by atoms with van der Waals surface area (Å²) < 4.78 is 38.0. The standard InChI is InChI=1S/C13H15F3N4/c14-13(15,16)5-1-2-7-20-9-18-8-11(20)10-4-3-6-19-12(10)17/h3-4,6,8-9H,1-2,5,7H2,(H2,17,19). The van der Waals surface area contributed by atoms with E-state index in [2.05, 4.69) is 9.97 Å². The Bertz CT molecular complexity index is 563. The second-order valence-electron chi connectivity index (χ2n) is 4.48. The summed E-state index contributed by atoms with van der Waals surface area (Å²) in [6.07, 6.45) is 0.500. The van der Waals surface area contributed by atoms with E-state index >= 15 is 0 Å². The Balaban J connectivity index is 2.01. The molecule has 0 amide bonds. The molecule has 0 bridgehead atoms. The molecule has 2 heterocycles. The van der Waals surface area contributed by atoms with Gasteiger partial charge in [0.25, 0.3) is 0 Å². The van der Waals surface area contributed by atoms with Crippen LogP contribution in [0.1, 0.15) is 19.3 Å². The molecule has 0 saturated heterocycles. The minimum absolute atomic E-state index is 0.101. The summed E-state index contributed by atoms with van der Waals surface area (Å²) in [7, 11) is 0. The molecule has 0 saturated carbocycles. The molecular weight excluding hydrogens is 269 g/mol. The second kappa shape index (κ2) is 5.94. The Kier molecular flexibility index (Phi) is 4.26. The van der Waals surface area contributed by atoms with E-state index in [0.717, 1.165) is 11.3 Å². The fourth-order valence-corrected chi connectivity index (χ4v) is 1.96. The number of imidazole rings is 1. The van der Waals surface area contributed by atoms with Crippen LogP contribution in [0.15, 0.2) is 30.9 Å². The third-order valence-corrected chi connectivity index (χ3v) is 2.94. The zero-order valence-electron chi connectivity index (χ0n) is 10.8. The van der Waals surface area contributed by atoms with Crippen LogP contribution in [0.4, 0.5) is 19.0 Å². The van der Waals surface area contributed by atoms with Gasteiger partial charge in [-0.3, -0.25) is 0 Å². The first-order valence-electron chi connectivity index (χ1n) is 6.25. The summed E-state index contributed by atoms with van der Waals surface area (Å²) >= 11 is 0. The molecule has 2 aromatic rings. The third kappa shape index (κ3) is 3.72. The number of anilines is 1. The van der Waals surface area contributed by atoms with Gasteiger partial charge in [0.2, 0.25) is 0 Å². The van der Waals surface area contributed by atoms with Gasteiger partial charge in [0.05, 0.1) is 18.2 Å². The Hall–Kier alpha value is -2.05. The number of rotatable bonds is 5. The molecule has 0 unspecified atom stereocenters. The van der Waals surface area contributed by atoms with Crippen molar-refractivity contribution in [1.29, 1.82) is 0 Å². The van der Waals surface area contributed by atoms with Crippen molar-refractivity contribution in [3.63, 3.8) is 0 Å². The summed E-state index contributed by atoms with van der Waals surface area (Å²) in [5.41, 5.74) is 7.29. The highest BCUT2D eigenvalue weighted by molar-refractivity contribution is 5.70. The van der Waals surface area contributed by atoms with Gasteiger partial charge in [-0.15, -0.1) is 0 Å². The van der Waals surface area contributed by atoms with Crippen LogP contribution in [0.25, 0.3) is 11.3 Å². The Morgan fingerprint density at radius 3 is 2.75 bits per heavy atom. The lowest BCUT2D eigenvalue weighted by atomic mass is 10.2. The molecule has 20 heavy (non-hydrogen) atoms. The molecule has 2 aromatic heterocycles. The van der Waals surface area contributed by atoms with E-state index < -0.39 is 12.6 Å². The lowest BCUT2D eigenvalue weighted by molar-refractivity contribution is -0.135. The van der Waals surface area contributed by atoms with Gasteiger partial charge >= 0.3 is 6.18 Å². The smallest absolute Gasteiger partial charge is 0.383 e. The number of pyridine rings is 1. The van der Waals surface area contributed by atoms with Crippen LogP contribution < -0.4 is 5.73 Å². The first kappa shape index (κ1) is 14.4.